The summed E-state index contributed by atoms with van der Waals surface area (Å²) in [5, 5.41) is 6.50. The van der Waals surface area contributed by atoms with Crippen LogP contribution < -0.4 is 0 Å². The Morgan fingerprint density at radius 2 is 2.35 bits per heavy atom. The summed E-state index contributed by atoms with van der Waals surface area (Å²) in [6, 6.07) is 4.48. The molecule has 4 rings (SSSR count). The SMILES string of the molecule is O=C(CN1CCc2sccc2C1)N1CCC[C@H](n2cccn2)C1. The Bertz CT molecular complexity index is 666. The maximum atomic E-state index is 12.7. The first-order chi connectivity index (χ1) is 11.3. The van der Waals surface area contributed by atoms with Gasteiger partial charge in [-0.25, -0.2) is 0 Å². The van der Waals surface area contributed by atoms with Crippen molar-refractivity contribution in [1.82, 2.24) is 19.6 Å². The van der Waals surface area contributed by atoms with Crippen LogP contribution in [-0.4, -0.2) is 51.7 Å². The fourth-order valence-corrected chi connectivity index (χ4v) is 4.52. The summed E-state index contributed by atoms with van der Waals surface area (Å²) in [7, 11) is 0. The number of likely N-dealkylation sites (tertiary alicyclic amines) is 1. The van der Waals surface area contributed by atoms with Gasteiger partial charge in [0.1, 0.15) is 0 Å². The van der Waals surface area contributed by atoms with Crippen LogP contribution in [0, 0.1) is 0 Å². The monoisotopic (exact) mass is 330 g/mol. The van der Waals surface area contributed by atoms with Crippen LogP contribution in [0.2, 0.25) is 0 Å². The van der Waals surface area contributed by atoms with Gasteiger partial charge in [-0.05, 0) is 42.3 Å². The minimum atomic E-state index is 0.264. The molecule has 0 spiro atoms. The van der Waals surface area contributed by atoms with Crippen molar-refractivity contribution in [1.29, 1.82) is 0 Å². The molecule has 122 valence electrons. The quantitative estimate of drug-likeness (QED) is 0.866. The minimum absolute atomic E-state index is 0.264. The van der Waals surface area contributed by atoms with E-state index in [-0.39, 0.29) is 5.91 Å². The molecule has 1 amide bonds. The van der Waals surface area contributed by atoms with Crippen molar-refractivity contribution in [2.45, 2.75) is 31.8 Å². The van der Waals surface area contributed by atoms with E-state index in [1.807, 2.05) is 39.4 Å². The van der Waals surface area contributed by atoms with Gasteiger partial charge in [0.25, 0.3) is 0 Å². The molecule has 6 heteroatoms. The van der Waals surface area contributed by atoms with Crippen molar-refractivity contribution in [3.63, 3.8) is 0 Å². The van der Waals surface area contributed by atoms with E-state index >= 15 is 0 Å². The van der Waals surface area contributed by atoms with Crippen molar-refractivity contribution in [2.75, 3.05) is 26.2 Å². The molecular weight excluding hydrogens is 308 g/mol. The van der Waals surface area contributed by atoms with Gasteiger partial charge in [-0.2, -0.15) is 5.10 Å². The van der Waals surface area contributed by atoms with E-state index < -0.39 is 0 Å². The summed E-state index contributed by atoms with van der Waals surface area (Å²) in [5.74, 6) is 0.264. The maximum Gasteiger partial charge on any atom is 0.236 e. The predicted molar refractivity (Wildman–Crippen MR) is 90.4 cm³/mol. The van der Waals surface area contributed by atoms with Crippen LogP contribution in [-0.2, 0) is 17.8 Å². The van der Waals surface area contributed by atoms with Gasteiger partial charge in [0.15, 0.2) is 0 Å². The fraction of sp³-hybridized carbons (Fsp3) is 0.529. The molecule has 0 bridgehead atoms. The summed E-state index contributed by atoms with van der Waals surface area (Å²) in [6.07, 6.45) is 7.06. The van der Waals surface area contributed by atoms with Crippen LogP contribution in [0.4, 0.5) is 0 Å². The van der Waals surface area contributed by atoms with Crippen LogP contribution in [0.15, 0.2) is 29.9 Å². The number of hydrogen-bond donors (Lipinski definition) is 0. The Hall–Kier alpha value is -1.66. The predicted octanol–water partition coefficient (Wildman–Crippen LogP) is 2.17. The van der Waals surface area contributed by atoms with Crippen LogP contribution >= 0.6 is 11.3 Å². The van der Waals surface area contributed by atoms with E-state index in [0.717, 1.165) is 45.4 Å². The molecule has 2 aliphatic rings. The van der Waals surface area contributed by atoms with Gasteiger partial charge in [-0.1, -0.05) is 0 Å². The zero-order valence-corrected chi connectivity index (χ0v) is 14.0. The molecule has 4 heterocycles. The molecule has 2 aliphatic heterocycles. The summed E-state index contributed by atoms with van der Waals surface area (Å²) in [5.41, 5.74) is 1.40. The Balaban J connectivity index is 1.36. The van der Waals surface area contributed by atoms with Gasteiger partial charge < -0.3 is 4.90 Å². The lowest BCUT2D eigenvalue weighted by Crippen LogP contribution is -2.46. The van der Waals surface area contributed by atoms with Gasteiger partial charge in [0, 0.05) is 43.4 Å². The van der Waals surface area contributed by atoms with E-state index in [9.17, 15) is 4.79 Å². The topological polar surface area (TPSA) is 41.4 Å². The third-order valence-corrected chi connectivity index (χ3v) is 5.92. The van der Waals surface area contributed by atoms with E-state index in [1.165, 1.54) is 10.4 Å². The molecule has 0 saturated carbocycles. The van der Waals surface area contributed by atoms with Crippen molar-refractivity contribution in [3.8, 4) is 0 Å². The number of rotatable bonds is 3. The molecule has 0 unspecified atom stereocenters. The Kier molecular flexibility index (Phi) is 4.18. The first-order valence-corrected chi connectivity index (χ1v) is 9.22. The Morgan fingerprint density at radius 1 is 1.39 bits per heavy atom. The molecule has 5 nitrogen and oxygen atoms in total. The number of hydrogen-bond acceptors (Lipinski definition) is 4. The van der Waals surface area contributed by atoms with E-state index in [1.54, 1.807) is 0 Å². The Labute approximate surface area is 140 Å². The number of amides is 1. The number of carbonyl (C=O) groups excluding carboxylic acids is 1. The van der Waals surface area contributed by atoms with E-state index in [2.05, 4.69) is 21.4 Å². The van der Waals surface area contributed by atoms with E-state index in [0.29, 0.717) is 12.6 Å². The molecule has 1 fully saturated rings. The lowest BCUT2D eigenvalue weighted by Gasteiger charge is -2.35. The highest BCUT2D eigenvalue weighted by molar-refractivity contribution is 7.10. The highest BCUT2D eigenvalue weighted by Crippen LogP contribution is 2.25. The van der Waals surface area contributed by atoms with Crippen LogP contribution in [0.3, 0.4) is 0 Å². The molecule has 2 aromatic heterocycles. The number of carbonyl (C=O) groups is 1. The van der Waals surface area contributed by atoms with Crippen molar-refractivity contribution in [3.05, 3.63) is 40.3 Å². The molecule has 1 atom stereocenters. The number of thiophene rings is 1. The molecule has 0 aromatic carbocycles. The summed E-state index contributed by atoms with van der Waals surface area (Å²) in [6.45, 7) is 4.13. The smallest absolute Gasteiger partial charge is 0.236 e. The van der Waals surface area contributed by atoms with Gasteiger partial charge >= 0.3 is 0 Å². The van der Waals surface area contributed by atoms with Crippen molar-refractivity contribution in [2.24, 2.45) is 0 Å². The summed E-state index contributed by atoms with van der Waals surface area (Å²) >= 11 is 1.84. The molecule has 2 aromatic rings. The molecule has 0 radical (unpaired) electrons. The molecule has 23 heavy (non-hydrogen) atoms. The van der Waals surface area contributed by atoms with E-state index in [4.69, 9.17) is 0 Å². The molecule has 0 aliphatic carbocycles. The van der Waals surface area contributed by atoms with Crippen molar-refractivity contribution >= 4 is 17.2 Å². The average Bonchev–Trinajstić information content (AvgIpc) is 3.26. The first kappa shape index (κ1) is 14.9. The lowest BCUT2D eigenvalue weighted by atomic mass is 10.1. The van der Waals surface area contributed by atoms with Crippen LogP contribution in [0.5, 0.6) is 0 Å². The number of aromatic nitrogens is 2. The van der Waals surface area contributed by atoms with Gasteiger partial charge in [0.2, 0.25) is 5.91 Å². The number of fused-ring (bicyclic) bond motifs is 1. The number of piperidine rings is 1. The Morgan fingerprint density at radius 3 is 3.22 bits per heavy atom. The number of nitrogens with zero attached hydrogens (tertiary/aromatic N) is 4. The largest absolute Gasteiger partial charge is 0.339 e. The third kappa shape index (κ3) is 3.19. The highest BCUT2D eigenvalue weighted by atomic mass is 32.1. The maximum absolute atomic E-state index is 12.7. The molecular formula is C17H22N4OS. The second-order valence-electron chi connectivity index (χ2n) is 6.45. The van der Waals surface area contributed by atoms with Crippen molar-refractivity contribution < 1.29 is 4.79 Å². The molecule has 0 N–H and O–H groups in total. The lowest BCUT2D eigenvalue weighted by molar-refractivity contribution is -0.134. The molecule has 1 saturated heterocycles. The summed E-state index contributed by atoms with van der Waals surface area (Å²) < 4.78 is 2.00. The van der Waals surface area contributed by atoms with Crippen LogP contribution in [0.25, 0.3) is 0 Å². The normalized spacial score (nSPS) is 22.1. The second kappa shape index (κ2) is 6.45. The van der Waals surface area contributed by atoms with Gasteiger partial charge in [-0.3, -0.25) is 14.4 Å². The minimum Gasteiger partial charge on any atom is -0.339 e. The zero-order valence-electron chi connectivity index (χ0n) is 13.2. The fourth-order valence-electron chi connectivity index (χ4n) is 3.63. The zero-order chi connectivity index (χ0) is 15.6. The van der Waals surface area contributed by atoms with Gasteiger partial charge in [0.05, 0.1) is 12.6 Å². The first-order valence-electron chi connectivity index (χ1n) is 8.34. The third-order valence-electron chi connectivity index (χ3n) is 4.89. The average molecular weight is 330 g/mol. The second-order valence-corrected chi connectivity index (χ2v) is 7.45. The van der Waals surface area contributed by atoms with Crippen LogP contribution in [0.1, 0.15) is 29.3 Å². The van der Waals surface area contributed by atoms with Gasteiger partial charge in [-0.15, -0.1) is 11.3 Å². The highest BCUT2D eigenvalue weighted by Gasteiger charge is 2.27. The standard InChI is InChI=1S/C17H22N4OS/c22-17(13-19-9-4-16-14(11-19)5-10-23-16)20-7-1-3-15(12-20)21-8-2-6-18-21/h2,5-6,8,10,15H,1,3-4,7,9,11-13H2/t15-/m0/s1. The summed E-state index contributed by atoms with van der Waals surface area (Å²) in [4.78, 5) is 18.5.